The number of piperidine rings is 1. The van der Waals surface area contributed by atoms with E-state index in [1.54, 1.807) is 0 Å². The van der Waals surface area contributed by atoms with Crippen LogP contribution in [-0.2, 0) is 22.4 Å². The lowest BCUT2D eigenvalue weighted by Crippen LogP contribution is -2.38. The van der Waals surface area contributed by atoms with Crippen LogP contribution in [0.25, 0.3) is 0 Å². The molecule has 3 N–H and O–H groups in total. The molecule has 2 heterocycles. The summed E-state index contributed by atoms with van der Waals surface area (Å²) in [6.07, 6.45) is 8.57. The summed E-state index contributed by atoms with van der Waals surface area (Å²) < 4.78 is 0. The van der Waals surface area contributed by atoms with Gasteiger partial charge in [-0.3, -0.25) is 14.4 Å². The van der Waals surface area contributed by atoms with Crippen LogP contribution in [0.1, 0.15) is 91.4 Å². The molecule has 2 unspecified atom stereocenters. The van der Waals surface area contributed by atoms with Gasteiger partial charge in [-0.05, 0) is 106 Å². The van der Waals surface area contributed by atoms with Crippen molar-refractivity contribution in [3.63, 3.8) is 0 Å². The second-order valence-electron chi connectivity index (χ2n) is 11.5. The van der Waals surface area contributed by atoms with Crippen LogP contribution < -0.4 is 10.6 Å². The molecule has 216 valence electrons. The Morgan fingerprint density at radius 1 is 1.02 bits per heavy atom. The van der Waals surface area contributed by atoms with Crippen LogP contribution in [-0.4, -0.2) is 54.0 Å². The van der Waals surface area contributed by atoms with E-state index in [2.05, 4.69) is 34.9 Å². The number of carboxylic acids is 1. The van der Waals surface area contributed by atoms with E-state index in [4.69, 9.17) is 0 Å². The van der Waals surface area contributed by atoms with Crippen LogP contribution >= 0.6 is 0 Å². The minimum Gasteiger partial charge on any atom is -0.481 e. The van der Waals surface area contributed by atoms with Gasteiger partial charge in [0, 0.05) is 18.7 Å². The lowest BCUT2D eigenvalue weighted by Gasteiger charge is -2.30. The lowest BCUT2D eigenvalue weighted by atomic mass is 9.91. The van der Waals surface area contributed by atoms with Crippen LogP contribution in [0.4, 0.5) is 0 Å². The molecule has 0 saturated carbocycles. The number of amides is 2. The SMILES string of the molecule is CC1c2ccc(C(=O)NCCCC3CCNCC3)cc2CC(CC(=O)O)C(=O)N1CCCCCc1ccccc1. The summed E-state index contributed by atoms with van der Waals surface area (Å²) in [6, 6.07) is 15.9. The smallest absolute Gasteiger partial charge is 0.304 e. The number of fused-ring (bicyclic) bond motifs is 1. The highest BCUT2D eigenvalue weighted by atomic mass is 16.4. The fraction of sp³-hybridized carbons (Fsp3) is 0.545. The van der Waals surface area contributed by atoms with Crippen LogP contribution in [0.15, 0.2) is 48.5 Å². The van der Waals surface area contributed by atoms with Gasteiger partial charge in [0.25, 0.3) is 5.91 Å². The van der Waals surface area contributed by atoms with Gasteiger partial charge in [0.15, 0.2) is 0 Å². The number of unbranched alkanes of at least 4 members (excludes halogenated alkanes) is 2. The Hall–Kier alpha value is -3.19. The molecule has 0 bridgehead atoms. The summed E-state index contributed by atoms with van der Waals surface area (Å²) in [5, 5.41) is 16.0. The molecule has 2 atom stereocenters. The first-order chi connectivity index (χ1) is 19.4. The molecule has 40 heavy (non-hydrogen) atoms. The van der Waals surface area contributed by atoms with Crippen LogP contribution in [0.5, 0.6) is 0 Å². The maximum atomic E-state index is 13.5. The Balaban J connectivity index is 1.37. The van der Waals surface area contributed by atoms with Crippen LogP contribution in [0.3, 0.4) is 0 Å². The normalized spacial score (nSPS) is 19.6. The number of aliphatic carboxylic acids is 1. The van der Waals surface area contributed by atoms with Crippen molar-refractivity contribution in [3.8, 4) is 0 Å². The second kappa shape index (κ2) is 15.0. The Kier molecular flexibility index (Phi) is 11.2. The van der Waals surface area contributed by atoms with Crippen molar-refractivity contribution in [2.45, 2.75) is 77.2 Å². The average molecular weight is 548 g/mol. The number of rotatable bonds is 13. The van der Waals surface area contributed by atoms with Gasteiger partial charge in [-0.2, -0.15) is 0 Å². The van der Waals surface area contributed by atoms with Crippen molar-refractivity contribution in [3.05, 3.63) is 70.8 Å². The van der Waals surface area contributed by atoms with E-state index in [-0.39, 0.29) is 24.3 Å². The molecule has 2 aromatic rings. The topological polar surface area (TPSA) is 98.7 Å². The molecule has 0 aliphatic carbocycles. The minimum atomic E-state index is -0.972. The van der Waals surface area contributed by atoms with Gasteiger partial charge >= 0.3 is 5.97 Å². The number of carbonyl (C=O) groups is 3. The summed E-state index contributed by atoms with van der Waals surface area (Å²) in [5.74, 6) is -1.07. The summed E-state index contributed by atoms with van der Waals surface area (Å²) >= 11 is 0. The largest absolute Gasteiger partial charge is 0.481 e. The molecule has 1 fully saturated rings. The van der Waals surface area contributed by atoms with Gasteiger partial charge in [0.1, 0.15) is 0 Å². The van der Waals surface area contributed by atoms with E-state index in [1.165, 1.54) is 18.4 Å². The fourth-order valence-corrected chi connectivity index (χ4v) is 6.25. The third-order valence-electron chi connectivity index (χ3n) is 8.58. The summed E-state index contributed by atoms with van der Waals surface area (Å²) in [4.78, 5) is 40.0. The monoisotopic (exact) mass is 547 g/mol. The van der Waals surface area contributed by atoms with Crippen molar-refractivity contribution >= 4 is 17.8 Å². The number of carbonyl (C=O) groups excluding carboxylic acids is 2. The number of hydrogen-bond acceptors (Lipinski definition) is 4. The number of hydrogen-bond donors (Lipinski definition) is 3. The Morgan fingerprint density at radius 2 is 1.80 bits per heavy atom. The molecule has 1 saturated heterocycles. The van der Waals surface area contributed by atoms with Crippen molar-refractivity contribution in [2.24, 2.45) is 11.8 Å². The Bertz CT molecular complexity index is 1130. The molecule has 2 amide bonds. The maximum absolute atomic E-state index is 13.5. The Morgan fingerprint density at radius 3 is 2.55 bits per heavy atom. The fourth-order valence-electron chi connectivity index (χ4n) is 6.25. The molecule has 0 aromatic heterocycles. The quantitative estimate of drug-likeness (QED) is 0.302. The van der Waals surface area contributed by atoms with Gasteiger partial charge in [-0.15, -0.1) is 0 Å². The van der Waals surface area contributed by atoms with E-state index in [0.29, 0.717) is 25.1 Å². The molecule has 0 spiro atoms. The van der Waals surface area contributed by atoms with Gasteiger partial charge < -0.3 is 20.6 Å². The first-order valence-electron chi connectivity index (χ1n) is 15.1. The van der Waals surface area contributed by atoms with Crippen LogP contribution in [0, 0.1) is 11.8 Å². The molecule has 2 aliphatic rings. The summed E-state index contributed by atoms with van der Waals surface area (Å²) in [7, 11) is 0. The Labute approximate surface area is 238 Å². The second-order valence-corrected chi connectivity index (χ2v) is 11.5. The third-order valence-corrected chi connectivity index (χ3v) is 8.58. The molecule has 7 heteroatoms. The first kappa shape index (κ1) is 29.8. The number of nitrogens with one attached hydrogen (secondary N) is 2. The predicted octanol–water partition coefficient (Wildman–Crippen LogP) is 5.15. The first-order valence-corrected chi connectivity index (χ1v) is 15.1. The van der Waals surface area contributed by atoms with Crippen LogP contribution in [0.2, 0.25) is 0 Å². The average Bonchev–Trinajstić information content (AvgIpc) is 3.05. The number of carboxylic acid groups (broad SMARTS) is 1. The summed E-state index contributed by atoms with van der Waals surface area (Å²) in [5.41, 5.74) is 3.80. The van der Waals surface area contributed by atoms with Crippen molar-refractivity contribution in [2.75, 3.05) is 26.2 Å². The van der Waals surface area contributed by atoms with E-state index in [1.807, 2.05) is 36.1 Å². The molecular weight excluding hydrogens is 502 g/mol. The molecule has 2 aliphatic heterocycles. The van der Waals surface area contributed by atoms with Crippen molar-refractivity contribution < 1.29 is 19.5 Å². The lowest BCUT2D eigenvalue weighted by molar-refractivity contribution is -0.145. The van der Waals surface area contributed by atoms with Gasteiger partial charge in [0.2, 0.25) is 5.91 Å². The van der Waals surface area contributed by atoms with E-state index >= 15 is 0 Å². The molecule has 7 nitrogen and oxygen atoms in total. The summed E-state index contributed by atoms with van der Waals surface area (Å²) in [6.45, 7) is 5.44. The number of aryl methyl sites for hydroxylation is 1. The molecule has 0 radical (unpaired) electrons. The molecular formula is C33H45N3O4. The number of benzene rings is 2. The third kappa shape index (κ3) is 8.40. The van der Waals surface area contributed by atoms with Gasteiger partial charge in [-0.25, -0.2) is 0 Å². The highest BCUT2D eigenvalue weighted by molar-refractivity contribution is 5.94. The van der Waals surface area contributed by atoms with E-state index < -0.39 is 11.9 Å². The highest BCUT2D eigenvalue weighted by Crippen LogP contribution is 2.33. The van der Waals surface area contributed by atoms with Crippen molar-refractivity contribution in [1.82, 2.24) is 15.5 Å². The predicted molar refractivity (Wildman–Crippen MR) is 157 cm³/mol. The maximum Gasteiger partial charge on any atom is 0.304 e. The highest BCUT2D eigenvalue weighted by Gasteiger charge is 2.35. The van der Waals surface area contributed by atoms with Gasteiger partial charge in [0.05, 0.1) is 18.4 Å². The van der Waals surface area contributed by atoms with E-state index in [9.17, 15) is 19.5 Å². The number of nitrogens with zero attached hydrogens (tertiary/aromatic N) is 1. The minimum absolute atomic E-state index is 0.0990. The molecule has 4 rings (SSSR count). The molecule has 2 aromatic carbocycles. The zero-order valence-corrected chi connectivity index (χ0v) is 23.9. The van der Waals surface area contributed by atoms with Crippen molar-refractivity contribution in [1.29, 1.82) is 0 Å². The van der Waals surface area contributed by atoms with E-state index in [0.717, 1.165) is 68.7 Å². The van der Waals surface area contributed by atoms with Gasteiger partial charge in [-0.1, -0.05) is 42.8 Å². The standard InChI is InChI=1S/C33H45N3O4/c1-24-30-14-13-27(32(39)35-17-8-12-26-15-18-34-19-16-26)21-28(30)22-29(23-31(37)38)33(40)36(24)20-7-3-6-11-25-9-4-2-5-10-25/h2,4-5,9-10,13-14,21,24,26,29,34H,3,6-8,11-12,15-20,22-23H2,1H3,(H,35,39)(H,37,38). The zero-order valence-electron chi connectivity index (χ0n) is 23.9. The zero-order chi connectivity index (χ0) is 28.3.